The van der Waals surface area contributed by atoms with Gasteiger partial charge in [-0.2, -0.15) is 13.2 Å². The van der Waals surface area contributed by atoms with Crippen LogP contribution in [-0.2, 0) is 4.79 Å². The number of aromatic nitrogens is 4. The predicted molar refractivity (Wildman–Crippen MR) is 123 cm³/mol. The van der Waals surface area contributed by atoms with Crippen molar-refractivity contribution in [2.45, 2.75) is 6.18 Å². The third-order valence-electron chi connectivity index (χ3n) is 4.57. The zero-order valence-electron chi connectivity index (χ0n) is 16.8. The molecule has 34 heavy (non-hydrogen) atoms. The molecule has 0 bridgehead atoms. The first-order valence-corrected chi connectivity index (χ1v) is 10.6. The van der Waals surface area contributed by atoms with Gasteiger partial charge in [-0.1, -0.05) is 23.7 Å². The molecule has 0 radical (unpaired) electrons. The van der Waals surface area contributed by atoms with Crippen LogP contribution < -0.4 is 11.3 Å². The van der Waals surface area contributed by atoms with Crippen LogP contribution in [0.5, 0.6) is 0 Å². The molecule has 0 amide bonds. The minimum absolute atomic E-state index is 0.114. The summed E-state index contributed by atoms with van der Waals surface area (Å²) in [7, 11) is 0. The summed E-state index contributed by atoms with van der Waals surface area (Å²) in [4.78, 5) is 34.5. The summed E-state index contributed by atoms with van der Waals surface area (Å²) in [6, 6.07) is 14.9. The van der Waals surface area contributed by atoms with Crippen molar-refractivity contribution in [1.82, 2.24) is 19.5 Å². The smallest absolute Gasteiger partial charge is 0.475 e. The quantitative estimate of drug-likeness (QED) is 0.313. The number of alkyl halides is 3. The number of rotatable bonds is 2. The highest BCUT2D eigenvalue weighted by molar-refractivity contribution is 7.22. The molecule has 0 fully saturated rings. The summed E-state index contributed by atoms with van der Waals surface area (Å²) in [6.45, 7) is 0. The van der Waals surface area contributed by atoms with Crippen molar-refractivity contribution in [2.75, 3.05) is 5.73 Å². The van der Waals surface area contributed by atoms with E-state index in [1.807, 2.05) is 48.5 Å². The number of nitrogens with one attached hydrogen (secondary N) is 1. The zero-order chi connectivity index (χ0) is 24.6. The molecule has 0 aliphatic carbocycles. The third kappa shape index (κ3) is 4.72. The van der Waals surface area contributed by atoms with Crippen molar-refractivity contribution in [3.05, 3.63) is 70.2 Å². The first-order valence-electron chi connectivity index (χ1n) is 9.36. The molecule has 0 saturated carbocycles. The van der Waals surface area contributed by atoms with Gasteiger partial charge in [0.15, 0.2) is 5.95 Å². The van der Waals surface area contributed by atoms with Gasteiger partial charge in [0.1, 0.15) is 11.0 Å². The SMILES string of the molecule is Nc1nc2ccc(-n3cnc4cc(-c5ccc(Cl)cc5)sc4c3=O)cc2[nH]1.O=C(O)C(F)(F)F. The van der Waals surface area contributed by atoms with Gasteiger partial charge in [-0.3, -0.25) is 9.36 Å². The fourth-order valence-electron chi connectivity index (χ4n) is 3.02. The van der Waals surface area contributed by atoms with E-state index in [-0.39, 0.29) is 5.56 Å². The van der Waals surface area contributed by atoms with E-state index in [2.05, 4.69) is 15.0 Å². The molecule has 0 saturated heterocycles. The Kier molecular flexibility index (Phi) is 6.02. The van der Waals surface area contributed by atoms with Crippen molar-refractivity contribution in [3.63, 3.8) is 0 Å². The first kappa shape index (κ1) is 23.3. The number of hydrogen-bond donors (Lipinski definition) is 3. The molecule has 3 heterocycles. The number of aromatic amines is 1. The Balaban J connectivity index is 0.000000344. The summed E-state index contributed by atoms with van der Waals surface area (Å²) in [5, 5.41) is 7.80. The Labute approximate surface area is 197 Å². The Bertz CT molecular complexity index is 1580. The van der Waals surface area contributed by atoms with Crippen LogP contribution in [0.15, 0.2) is 59.7 Å². The summed E-state index contributed by atoms with van der Waals surface area (Å²) < 4.78 is 33.9. The highest BCUT2D eigenvalue weighted by Crippen LogP contribution is 2.31. The van der Waals surface area contributed by atoms with E-state index in [0.717, 1.165) is 21.5 Å². The van der Waals surface area contributed by atoms with Crippen molar-refractivity contribution in [1.29, 1.82) is 0 Å². The Morgan fingerprint density at radius 3 is 2.44 bits per heavy atom. The predicted octanol–water partition coefficient (Wildman–Crippen LogP) is 4.86. The van der Waals surface area contributed by atoms with Gasteiger partial charge in [0.2, 0.25) is 0 Å². The van der Waals surface area contributed by atoms with E-state index in [1.165, 1.54) is 15.9 Å². The normalized spacial score (nSPS) is 11.4. The van der Waals surface area contributed by atoms with Crippen LogP contribution in [-0.4, -0.2) is 36.8 Å². The Morgan fingerprint density at radius 1 is 1.12 bits per heavy atom. The number of carboxylic acids is 1. The van der Waals surface area contributed by atoms with E-state index < -0.39 is 12.1 Å². The number of imidazole rings is 1. The molecule has 2 aromatic carbocycles. The molecule has 4 N–H and O–H groups in total. The van der Waals surface area contributed by atoms with Gasteiger partial charge in [0.25, 0.3) is 5.56 Å². The second kappa shape index (κ2) is 8.80. The first-order chi connectivity index (χ1) is 16.0. The molecule has 0 spiro atoms. The van der Waals surface area contributed by atoms with Gasteiger partial charge >= 0.3 is 12.1 Å². The molecule has 13 heteroatoms. The molecule has 174 valence electrons. The molecular formula is C21H13ClF3N5O3S. The Morgan fingerprint density at radius 2 is 1.79 bits per heavy atom. The van der Waals surface area contributed by atoms with Crippen molar-refractivity contribution >= 4 is 56.1 Å². The standard InChI is InChI=1S/C19H12ClN5OS.C2HF3O2/c20-11-3-1-10(2-4-11)16-8-15-17(27-16)18(26)25(9-22-15)12-5-6-13-14(7-12)24-19(21)23-13;3-2(4,5)1(6)7/h1-9H,(H3,21,23,24);(H,6,7). The Hall–Kier alpha value is -3.90. The lowest BCUT2D eigenvalue weighted by molar-refractivity contribution is -0.192. The number of H-pyrrole nitrogens is 1. The van der Waals surface area contributed by atoms with E-state index in [4.69, 9.17) is 27.2 Å². The monoisotopic (exact) mass is 507 g/mol. The molecular weight excluding hydrogens is 495 g/mol. The van der Waals surface area contributed by atoms with Gasteiger partial charge in [0.05, 0.1) is 22.2 Å². The largest absolute Gasteiger partial charge is 0.490 e. The van der Waals surface area contributed by atoms with Crippen molar-refractivity contribution in [3.8, 4) is 16.1 Å². The third-order valence-corrected chi connectivity index (χ3v) is 5.98. The zero-order valence-corrected chi connectivity index (χ0v) is 18.4. The highest BCUT2D eigenvalue weighted by atomic mass is 35.5. The fraction of sp³-hybridized carbons (Fsp3) is 0.0476. The molecule has 0 unspecified atom stereocenters. The summed E-state index contributed by atoms with van der Waals surface area (Å²) >= 11 is 7.38. The van der Waals surface area contributed by atoms with Gasteiger partial charge in [-0.05, 0) is 42.0 Å². The summed E-state index contributed by atoms with van der Waals surface area (Å²) in [6.07, 6.45) is -3.54. The van der Waals surface area contributed by atoms with Crippen molar-refractivity contribution in [2.24, 2.45) is 0 Å². The number of benzene rings is 2. The van der Waals surface area contributed by atoms with E-state index in [9.17, 15) is 18.0 Å². The van der Waals surface area contributed by atoms with Crippen LogP contribution in [0.2, 0.25) is 5.02 Å². The molecule has 5 rings (SSSR count). The number of halogens is 4. The molecule has 5 aromatic rings. The maximum absolute atomic E-state index is 13.0. The van der Waals surface area contributed by atoms with Gasteiger partial charge in [-0.25, -0.2) is 14.8 Å². The molecule has 0 atom stereocenters. The lowest BCUT2D eigenvalue weighted by Gasteiger charge is -2.04. The number of carbonyl (C=O) groups is 1. The van der Waals surface area contributed by atoms with Crippen LogP contribution in [0.25, 0.3) is 37.4 Å². The van der Waals surface area contributed by atoms with Crippen LogP contribution in [0.3, 0.4) is 0 Å². The minimum Gasteiger partial charge on any atom is -0.475 e. The summed E-state index contributed by atoms with van der Waals surface area (Å²) in [5.41, 5.74) is 9.48. The van der Waals surface area contributed by atoms with E-state index in [0.29, 0.717) is 26.9 Å². The van der Waals surface area contributed by atoms with Crippen LogP contribution in [0.1, 0.15) is 0 Å². The number of thiophene rings is 1. The number of aliphatic carboxylic acids is 1. The lowest BCUT2D eigenvalue weighted by atomic mass is 10.2. The molecule has 8 nitrogen and oxygen atoms in total. The average molecular weight is 508 g/mol. The second-order valence-corrected chi connectivity index (χ2v) is 8.37. The average Bonchev–Trinajstić information content (AvgIpc) is 3.37. The van der Waals surface area contributed by atoms with E-state index in [1.54, 1.807) is 6.33 Å². The summed E-state index contributed by atoms with van der Waals surface area (Å²) in [5.74, 6) is -2.42. The highest BCUT2D eigenvalue weighted by Gasteiger charge is 2.38. The van der Waals surface area contributed by atoms with Crippen LogP contribution >= 0.6 is 22.9 Å². The topological polar surface area (TPSA) is 127 Å². The minimum atomic E-state index is -5.08. The van der Waals surface area contributed by atoms with Crippen molar-refractivity contribution < 1.29 is 23.1 Å². The molecule has 0 aliphatic heterocycles. The number of nitrogens with two attached hydrogens (primary N) is 1. The van der Waals surface area contributed by atoms with E-state index >= 15 is 0 Å². The number of hydrogen-bond acceptors (Lipinski definition) is 6. The number of nitrogen functional groups attached to an aromatic ring is 1. The van der Waals surface area contributed by atoms with Gasteiger partial charge in [-0.15, -0.1) is 11.3 Å². The van der Waals surface area contributed by atoms with Crippen LogP contribution in [0.4, 0.5) is 19.1 Å². The number of anilines is 1. The van der Waals surface area contributed by atoms with Gasteiger partial charge in [0, 0.05) is 9.90 Å². The fourth-order valence-corrected chi connectivity index (χ4v) is 4.19. The maximum atomic E-state index is 13.0. The number of nitrogens with zero attached hydrogens (tertiary/aromatic N) is 3. The molecule has 3 aromatic heterocycles. The number of fused-ring (bicyclic) bond motifs is 2. The maximum Gasteiger partial charge on any atom is 0.490 e. The van der Waals surface area contributed by atoms with Gasteiger partial charge < -0.3 is 15.8 Å². The molecule has 0 aliphatic rings. The van der Waals surface area contributed by atoms with Crippen LogP contribution in [0, 0.1) is 0 Å². The number of carboxylic acid groups (broad SMARTS) is 1. The lowest BCUT2D eigenvalue weighted by Crippen LogP contribution is -2.21. The second-order valence-electron chi connectivity index (χ2n) is 6.88.